The van der Waals surface area contributed by atoms with Crippen LogP contribution in [0.5, 0.6) is 0 Å². The number of halogens is 1. The van der Waals surface area contributed by atoms with Crippen LogP contribution in [0.25, 0.3) is 0 Å². The predicted octanol–water partition coefficient (Wildman–Crippen LogP) is 3.00. The first-order chi connectivity index (χ1) is 10.2. The van der Waals surface area contributed by atoms with E-state index in [0.717, 1.165) is 31.9 Å². The van der Waals surface area contributed by atoms with Gasteiger partial charge in [-0.15, -0.1) is 24.0 Å². The summed E-state index contributed by atoms with van der Waals surface area (Å²) in [5.74, 6) is 1.64. The summed E-state index contributed by atoms with van der Waals surface area (Å²) in [7, 11) is 0. The van der Waals surface area contributed by atoms with Crippen molar-refractivity contribution < 1.29 is 0 Å². The first-order valence-electron chi connectivity index (χ1n) is 8.64. The molecule has 1 heterocycles. The van der Waals surface area contributed by atoms with E-state index in [0.29, 0.717) is 18.0 Å². The van der Waals surface area contributed by atoms with Crippen LogP contribution in [0.15, 0.2) is 17.1 Å². The molecule has 1 fully saturated rings. The van der Waals surface area contributed by atoms with E-state index < -0.39 is 0 Å². The van der Waals surface area contributed by atoms with Gasteiger partial charge < -0.3 is 10.6 Å². The van der Waals surface area contributed by atoms with Crippen molar-refractivity contribution in [3.05, 3.63) is 12.2 Å². The third kappa shape index (κ3) is 6.07. The molecule has 1 unspecified atom stereocenters. The summed E-state index contributed by atoms with van der Waals surface area (Å²) in [5.41, 5.74) is 0. The van der Waals surface area contributed by atoms with Crippen LogP contribution < -0.4 is 10.6 Å². The molecule has 1 saturated heterocycles. The van der Waals surface area contributed by atoms with Gasteiger partial charge in [0.05, 0.1) is 6.54 Å². The van der Waals surface area contributed by atoms with Gasteiger partial charge >= 0.3 is 0 Å². The quantitative estimate of drug-likeness (QED) is 0.300. The third-order valence-electron chi connectivity index (χ3n) is 4.51. The molecule has 1 atom stereocenters. The Hall–Kier alpha value is -0.300. The molecule has 0 aromatic carbocycles. The Labute approximate surface area is 153 Å². The van der Waals surface area contributed by atoms with Crippen molar-refractivity contribution >= 4 is 29.9 Å². The number of likely N-dealkylation sites (tertiary alicyclic amines) is 1. The number of guanidine groups is 1. The lowest BCUT2D eigenvalue weighted by Gasteiger charge is -2.30. The summed E-state index contributed by atoms with van der Waals surface area (Å²) in [4.78, 5) is 7.49. The summed E-state index contributed by atoms with van der Waals surface area (Å²) in [6.45, 7) is 11.1. The van der Waals surface area contributed by atoms with Crippen LogP contribution in [0.3, 0.4) is 0 Å². The highest BCUT2D eigenvalue weighted by Gasteiger charge is 2.24. The summed E-state index contributed by atoms with van der Waals surface area (Å²) < 4.78 is 0. The number of hydrogen-bond acceptors (Lipinski definition) is 2. The predicted molar refractivity (Wildman–Crippen MR) is 106 cm³/mol. The monoisotopic (exact) mass is 420 g/mol. The molecule has 0 spiro atoms. The van der Waals surface area contributed by atoms with Crippen LogP contribution >= 0.6 is 24.0 Å². The van der Waals surface area contributed by atoms with Gasteiger partial charge in [-0.05, 0) is 51.6 Å². The minimum absolute atomic E-state index is 0. The zero-order valence-electron chi connectivity index (χ0n) is 14.3. The van der Waals surface area contributed by atoms with E-state index in [1.807, 2.05) is 0 Å². The lowest BCUT2D eigenvalue weighted by atomic mass is 10.0. The maximum Gasteiger partial charge on any atom is 0.191 e. The molecular formula is C17H33IN4. The first kappa shape index (κ1) is 19.7. The van der Waals surface area contributed by atoms with Crippen LogP contribution in [0.1, 0.15) is 46.5 Å². The molecule has 0 aromatic rings. The van der Waals surface area contributed by atoms with Crippen LogP contribution in [-0.4, -0.2) is 49.1 Å². The average molecular weight is 420 g/mol. The fourth-order valence-corrected chi connectivity index (χ4v) is 3.25. The van der Waals surface area contributed by atoms with Gasteiger partial charge in [0, 0.05) is 18.6 Å². The van der Waals surface area contributed by atoms with Gasteiger partial charge in [0.2, 0.25) is 0 Å². The normalized spacial score (nSPS) is 21.2. The maximum absolute atomic E-state index is 4.87. The van der Waals surface area contributed by atoms with Gasteiger partial charge in [0.15, 0.2) is 5.96 Å². The van der Waals surface area contributed by atoms with Gasteiger partial charge in [-0.1, -0.05) is 26.0 Å². The molecule has 5 heteroatoms. The molecule has 0 amide bonds. The highest BCUT2D eigenvalue weighted by Crippen LogP contribution is 2.18. The van der Waals surface area contributed by atoms with E-state index in [9.17, 15) is 0 Å². The lowest BCUT2D eigenvalue weighted by molar-refractivity contribution is 0.197. The molecule has 1 aliphatic heterocycles. The van der Waals surface area contributed by atoms with Gasteiger partial charge in [-0.25, -0.2) is 0 Å². The van der Waals surface area contributed by atoms with Crippen LogP contribution in [0.4, 0.5) is 0 Å². The summed E-state index contributed by atoms with van der Waals surface area (Å²) in [6, 6.07) is 1.09. The molecule has 22 heavy (non-hydrogen) atoms. The zero-order valence-corrected chi connectivity index (χ0v) is 16.7. The Morgan fingerprint density at radius 1 is 1.23 bits per heavy atom. The van der Waals surface area contributed by atoms with Gasteiger partial charge in [-0.3, -0.25) is 9.89 Å². The number of nitrogens with zero attached hydrogens (tertiary/aromatic N) is 2. The van der Waals surface area contributed by atoms with E-state index in [1.54, 1.807) is 0 Å². The standard InChI is InChI=1S/C17H32N4.HI/c1-4-18-17(20-15-9-5-6-10-15)19-13-16(14(2)3)21-11-7-8-12-21;/h5-6,14-16H,4,7-13H2,1-3H3,(H2,18,19,20);1H. The molecule has 128 valence electrons. The van der Waals surface area contributed by atoms with Crippen molar-refractivity contribution in [3.8, 4) is 0 Å². The maximum atomic E-state index is 4.87. The third-order valence-corrected chi connectivity index (χ3v) is 4.51. The van der Waals surface area contributed by atoms with Crippen LogP contribution in [0.2, 0.25) is 0 Å². The highest BCUT2D eigenvalue weighted by atomic mass is 127. The van der Waals surface area contributed by atoms with E-state index in [4.69, 9.17) is 4.99 Å². The van der Waals surface area contributed by atoms with Crippen LogP contribution in [0, 0.1) is 5.92 Å². The van der Waals surface area contributed by atoms with Gasteiger partial charge in [0.25, 0.3) is 0 Å². The summed E-state index contributed by atoms with van der Waals surface area (Å²) in [5, 5.41) is 6.95. The minimum atomic E-state index is 0. The SMILES string of the molecule is CCNC(=NCC(C(C)C)N1CCCC1)NC1CC=CC1.I. The van der Waals surface area contributed by atoms with Crippen molar-refractivity contribution in [1.29, 1.82) is 0 Å². The number of rotatable bonds is 6. The molecule has 2 aliphatic rings. The van der Waals surface area contributed by atoms with E-state index in [1.165, 1.54) is 25.9 Å². The lowest BCUT2D eigenvalue weighted by Crippen LogP contribution is -2.44. The second-order valence-corrected chi connectivity index (χ2v) is 6.56. The van der Waals surface area contributed by atoms with Crippen molar-refractivity contribution in [1.82, 2.24) is 15.5 Å². The van der Waals surface area contributed by atoms with E-state index in [-0.39, 0.29) is 24.0 Å². The van der Waals surface area contributed by atoms with Gasteiger partial charge in [0.1, 0.15) is 0 Å². The Kier molecular flexibility index (Phi) is 9.40. The first-order valence-corrected chi connectivity index (χ1v) is 8.64. The minimum Gasteiger partial charge on any atom is -0.357 e. The average Bonchev–Trinajstić information content (AvgIpc) is 3.11. The molecule has 0 radical (unpaired) electrons. The fraction of sp³-hybridized carbons (Fsp3) is 0.824. The summed E-state index contributed by atoms with van der Waals surface area (Å²) >= 11 is 0. The topological polar surface area (TPSA) is 39.7 Å². The molecule has 4 nitrogen and oxygen atoms in total. The Balaban J connectivity index is 0.00000242. The molecular weight excluding hydrogens is 387 g/mol. The zero-order chi connectivity index (χ0) is 15.1. The molecule has 0 saturated carbocycles. The molecule has 2 rings (SSSR count). The number of nitrogens with one attached hydrogen (secondary N) is 2. The van der Waals surface area contributed by atoms with Crippen molar-refractivity contribution in [2.45, 2.75) is 58.5 Å². The van der Waals surface area contributed by atoms with Crippen molar-refractivity contribution in [3.63, 3.8) is 0 Å². The van der Waals surface area contributed by atoms with E-state index in [2.05, 4.69) is 48.5 Å². The number of aliphatic imine (C=N–C) groups is 1. The fourth-order valence-electron chi connectivity index (χ4n) is 3.25. The van der Waals surface area contributed by atoms with Gasteiger partial charge in [-0.2, -0.15) is 0 Å². The smallest absolute Gasteiger partial charge is 0.191 e. The Morgan fingerprint density at radius 2 is 1.86 bits per heavy atom. The largest absolute Gasteiger partial charge is 0.357 e. The molecule has 1 aliphatic carbocycles. The van der Waals surface area contributed by atoms with Crippen molar-refractivity contribution in [2.24, 2.45) is 10.9 Å². The molecule has 0 bridgehead atoms. The van der Waals surface area contributed by atoms with Crippen LogP contribution in [-0.2, 0) is 0 Å². The molecule has 2 N–H and O–H groups in total. The highest BCUT2D eigenvalue weighted by molar-refractivity contribution is 14.0. The van der Waals surface area contributed by atoms with Crippen molar-refractivity contribution in [2.75, 3.05) is 26.2 Å². The molecule has 0 aromatic heterocycles. The Morgan fingerprint density at radius 3 is 2.41 bits per heavy atom. The Bertz CT molecular complexity index is 354. The number of hydrogen-bond donors (Lipinski definition) is 2. The summed E-state index contributed by atoms with van der Waals surface area (Å²) in [6.07, 6.45) is 9.43. The second-order valence-electron chi connectivity index (χ2n) is 6.56. The second kappa shape index (κ2) is 10.5. The van der Waals surface area contributed by atoms with E-state index >= 15 is 0 Å².